The number of nitrogens with zero attached hydrogens (tertiary/aromatic N) is 3. The number of fused-ring (bicyclic) bond motifs is 2. The Morgan fingerprint density at radius 1 is 0.889 bits per heavy atom. The lowest BCUT2D eigenvalue weighted by Crippen LogP contribution is -2.36. The monoisotopic (exact) mass is 487 g/mol. The van der Waals surface area contributed by atoms with Crippen LogP contribution in [0.15, 0.2) is 41.3 Å². The molecule has 2 aliphatic heterocycles. The molecule has 7 heteroatoms. The number of benzene rings is 2. The van der Waals surface area contributed by atoms with Crippen LogP contribution in [0.3, 0.4) is 0 Å². The number of carbonyl (C=O) groups is 1. The molecule has 0 N–H and O–H groups in total. The van der Waals surface area contributed by atoms with Crippen molar-refractivity contribution in [2.75, 3.05) is 38.8 Å². The summed E-state index contributed by atoms with van der Waals surface area (Å²) in [4.78, 5) is 32.1. The van der Waals surface area contributed by atoms with Crippen molar-refractivity contribution in [3.63, 3.8) is 0 Å². The van der Waals surface area contributed by atoms with Gasteiger partial charge in [-0.25, -0.2) is 0 Å². The van der Waals surface area contributed by atoms with Crippen LogP contribution in [0.1, 0.15) is 54.4 Å². The number of hydrogen-bond donors (Lipinski definition) is 0. The maximum absolute atomic E-state index is 13.9. The van der Waals surface area contributed by atoms with Crippen LogP contribution < -0.4 is 19.9 Å². The molecule has 1 aliphatic carbocycles. The van der Waals surface area contributed by atoms with Crippen LogP contribution >= 0.6 is 0 Å². The second kappa shape index (κ2) is 9.19. The van der Waals surface area contributed by atoms with Crippen molar-refractivity contribution < 1.29 is 14.3 Å². The first-order valence-corrected chi connectivity index (χ1v) is 13.1. The highest BCUT2D eigenvalue weighted by Gasteiger charge is 2.32. The van der Waals surface area contributed by atoms with Crippen molar-refractivity contribution in [2.24, 2.45) is 0 Å². The van der Waals surface area contributed by atoms with Crippen molar-refractivity contribution in [1.29, 1.82) is 0 Å². The van der Waals surface area contributed by atoms with Crippen LogP contribution in [0.4, 0.5) is 5.69 Å². The van der Waals surface area contributed by atoms with Crippen molar-refractivity contribution >= 4 is 22.4 Å². The summed E-state index contributed by atoms with van der Waals surface area (Å²) in [6.07, 6.45) is 9.56. The fourth-order valence-electron chi connectivity index (χ4n) is 5.80. The minimum absolute atomic E-state index is 0.0433. The first kappa shape index (κ1) is 23.0. The molecule has 0 radical (unpaired) electrons. The van der Waals surface area contributed by atoms with E-state index in [1.807, 2.05) is 11.0 Å². The summed E-state index contributed by atoms with van der Waals surface area (Å²) in [5.41, 5.74) is 3.70. The van der Waals surface area contributed by atoms with Gasteiger partial charge in [0.05, 0.1) is 30.9 Å². The summed E-state index contributed by atoms with van der Waals surface area (Å²) in [7, 11) is 3.12. The van der Waals surface area contributed by atoms with E-state index in [4.69, 9.17) is 9.47 Å². The van der Waals surface area contributed by atoms with Gasteiger partial charge < -0.3 is 19.3 Å². The summed E-state index contributed by atoms with van der Waals surface area (Å²) in [6.45, 7) is 2.54. The van der Waals surface area contributed by atoms with Crippen LogP contribution in [0, 0.1) is 0 Å². The normalized spacial score (nSPS) is 17.7. The van der Waals surface area contributed by atoms with Gasteiger partial charge in [0.2, 0.25) is 0 Å². The Morgan fingerprint density at radius 2 is 1.61 bits per heavy atom. The molecule has 0 spiro atoms. The average Bonchev–Trinajstić information content (AvgIpc) is 3.78. The fraction of sp³-hybridized carbons (Fsp3) is 0.448. The maximum Gasteiger partial charge on any atom is 0.263 e. The van der Waals surface area contributed by atoms with Crippen molar-refractivity contribution in [3.05, 3.63) is 58.0 Å². The number of rotatable bonds is 5. The van der Waals surface area contributed by atoms with E-state index in [0.29, 0.717) is 33.9 Å². The number of amides is 1. The van der Waals surface area contributed by atoms with Gasteiger partial charge in [-0.2, -0.15) is 0 Å². The molecule has 3 aromatic rings. The molecule has 0 unspecified atom stereocenters. The third-order valence-corrected chi connectivity index (χ3v) is 7.88. The first-order valence-electron chi connectivity index (χ1n) is 13.1. The lowest BCUT2D eigenvalue weighted by atomic mass is 10.00. The molecule has 1 amide bonds. The Hall–Kier alpha value is -3.48. The SMILES string of the molecule is COc1cc2c(C(=O)N3CCCCC3)cn(-c3ccc4c(c3)N(C3CC3)CCC4)c(=O)c2cc1OC. The summed E-state index contributed by atoms with van der Waals surface area (Å²) in [6, 6.07) is 10.4. The zero-order valence-electron chi connectivity index (χ0n) is 21.1. The molecule has 1 saturated heterocycles. The zero-order valence-corrected chi connectivity index (χ0v) is 21.1. The van der Waals surface area contributed by atoms with Gasteiger partial charge in [0.15, 0.2) is 11.5 Å². The third kappa shape index (κ3) is 3.91. The van der Waals surface area contributed by atoms with Gasteiger partial charge in [0.1, 0.15) is 0 Å². The van der Waals surface area contributed by atoms with Gasteiger partial charge in [-0.05, 0) is 74.8 Å². The lowest BCUT2D eigenvalue weighted by Gasteiger charge is -2.32. The number of pyridine rings is 1. The number of likely N-dealkylation sites (tertiary alicyclic amines) is 1. The Bertz CT molecular complexity index is 1390. The maximum atomic E-state index is 13.9. The highest BCUT2D eigenvalue weighted by Crippen LogP contribution is 2.38. The third-order valence-electron chi connectivity index (χ3n) is 7.88. The van der Waals surface area contributed by atoms with Gasteiger partial charge in [-0.15, -0.1) is 0 Å². The molecular formula is C29H33N3O4. The van der Waals surface area contributed by atoms with Crippen LogP contribution in [0.5, 0.6) is 11.5 Å². The summed E-state index contributed by atoms with van der Waals surface area (Å²) in [5.74, 6) is 0.934. The molecule has 3 aliphatic rings. The molecular weight excluding hydrogens is 454 g/mol. The van der Waals surface area contributed by atoms with E-state index < -0.39 is 0 Å². The van der Waals surface area contributed by atoms with Gasteiger partial charge >= 0.3 is 0 Å². The highest BCUT2D eigenvalue weighted by molar-refractivity contribution is 6.07. The predicted octanol–water partition coefficient (Wildman–Crippen LogP) is 4.55. The molecule has 7 nitrogen and oxygen atoms in total. The van der Waals surface area contributed by atoms with E-state index in [-0.39, 0.29) is 11.5 Å². The Morgan fingerprint density at radius 3 is 2.31 bits per heavy atom. The fourth-order valence-corrected chi connectivity index (χ4v) is 5.80. The van der Waals surface area contributed by atoms with E-state index in [2.05, 4.69) is 17.0 Å². The largest absolute Gasteiger partial charge is 0.493 e. The van der Waals surface area contributed by atoms with Crippen molar-refractivity contribution in [2.45, 2.75) is 51.0 Å². The van der Waals surface area contributed by atoms with E-state index >= 15 is 0 Å². The number of carbonyl (C=O) groups excluding carboxylic acids is 1. The van der Waals surface area contributed by atoms with E-state index in [0.717, 1.165) is 57.4 Å². The quantitative estimate of drug-likeness (QED) is 0.528. The number of hydrogen-bond acceptors (Lipinski definition) is 5. The van der Waals surface area contributed by atoms with Crippen LogP contribution in [-0.4, -0.2) is 55.3 Å². The van der Waals surface area contributed by atoms with Crippen LogP contribution in [0.25, 0.3) is 16.5 Å². The van der Waals surface area contributed by atoms with E-state index in [1.165, 1.54) is 24.1 Å². The number of anilines is 1. The van der Waals surface area contributed by atoms with Crippen LogP contribution in [0.2, 0.25) is 0 Å². The molecule has 188 valence electrons. The van der Waals surface area contributed by atoms with Gasteiger partial charge in [0.25, 0.3) is 11.5 Å². The average molecular weight is 488 g/mol. The highest BCUT2D eigenvalue weighted by atomic mass is 16.5. The molecule has 1 saturated carbocycles. The Kier molecular flexibility index (Phi) is 5.86. The lowest BCUT2D eigenvalue weighted by molar-refractivity contribution is 0.0725. The molecule has 2 fully saturated rings. The number of ether oxygens (including phenoxy) is 2. The minimum Gasteiger partial charge on any atom is -0.493 e. The van der Waals surface area contributed by atoms with Gasteiger partial charge in [-0.1, -0.05) is 6.07 Å². The summed E-state index contributed by atoms with van der Waals surface area (Å²) in [5, 5.41) is 1.05. The summed E-state index contributed by atoms with van der Waals surface area (Å²) >= 11 is 0. The predicted molar refractivity (Wildman–Crippen MR) is 141 cm³/mol. The van der Waals surface area contributed by atoms with E-state index in [1.54, 1.807) is 37.1 Å². The summed E-state index contributed by atoms with van der Waals surface area (Å²) < 4.78 is 12.7. The van der Waals surface area contributed by atoms with Gasteiger partial charge in [-0.3, -0.25) is 14.2 Å². The molecule has 0 atom stereocenters. The number of piperidine rings is 1. The second-order valence-corrected chi connectivity index (χ2v) is 10.2. The van der Waals surface area contributed by atoms with E-state index in [9.17, 15) is 9.59 Å². The van der Waals surface area contributed by atoms with Crippen LogP contribution in [-0.2, 0) is 6.42 Å². The van der Waals surface area contributed by atoms with Crippen molar-refractivity contribution in [3.8, 4) is 17.2 Å². The molecule has 36 heavy (non-hydrogen) atoms. The number of aromatic nitrogens is 1. The standard InChI is InChI=1S/C29H33N3O4/c1-35-26-16-22-23(17-27(26)36-2)29(34)32(18-24(22)28(33)30-12-4-3-5-13-30)21-9-8-19-7-6-14-31(20-10-11-20)25(19)15-21/h8-9,15-18,20H,3-7,10-14H2,1-2H3. The molecule has 0 bridgehead atoms. The molecule has 3 heterocycles. The number of aryl methyl sites for hydroxylation is 1. The number of methoxy groups -OCH3 is 2. The topological polar surface area (TPSA) is 64.0 Å². The molecule has 2 aromatic carbocycles. The first-order chi connectivity index (χ1) is 17.6. The van der Waals surface area contributed by atoms with Gasteiger partial charge in [0, 0.05) is 42.9 Å². The zero-order chi connectivity index (χ0) is 24.8. The molecule has 1 aromatic heterocycles. The second-order valence-electron chi connectivity index (χ2n) is 10.2. The Labute approximate surface area is 211 Å². The van der Waals surface area contributed by atoms with Crippen molar-refractivity contribution in [1.82, 2.24) is 9.47 Å². The smallest absolute Gasteiger partial charge is 0.263 e. The molecule has 6 rings (SSSR count). The minimum atomic E-state index is -0.171. The Balaban J connectivity index is 1.55.